The molecule has 106 valence electrons. The summed E-state index contributed by atoms with van der Waals surface area (Å²) in [5, 5.41) is 7.37. The van der Waals surface area contributed by atoms with E-state index < -0.39 is 0 Å². The molecule has 1 aliphatic rings. The molecule has 6 heteroatoms. The van der Waals surface area contributed by atoms with Gasteiger partial charge >= 0.3 is 0 Å². The smallest absolute Gasteiger partial charge is 0.243 e. The summed E-state index contributed by atoms with van der Waals surface area (Å²) in [6, 6.07) is 6.70. The van der Waals surface area contributed by atoms with E-state index in [1.165, 1.54) is 36.7 Å². The van der Waals surface area contributed by atoms with Gasteiger partial charge in [0.05, 0.1) is 11.8 Å². The van der Waals surface area contributed by atoms with E-state index in [9.17, 15) is 4.39 Å². The van der Waals surface area contributed by atoms with Crippen molar-refractivity contribution >= 4 is 11.8 Å². The third-order valence-corrected chi connectivity index (χ3v) is 4.25. The van der Waals surface area contributed by atoms with Crippen molar-refractivity contribution < 1.29 is 8.91 Å². The average Bonchev–Trinajstić information content (AvgIpc) is 2.95. The van der Waals surface area contributed by atoms with Crippen LogP contribution < -0.4 is 5.32 Å². The maximum atomic E-state index is 13.1. The summed E-state index contributed by atoms with van der Waals surface area (Å²) < 4.78 is 18.4. The van der Waals surface area contributed by atoms with Gasteiger partial charge in [-0.05, 0) is 37.6 Å². The number of rotatable bonds is 4. The number of benzene rings is 1. The lowest BCUT2D eigenvalue weighted by Crippen LogP contribution is -2.26. The molecule has 0 radical (unpaired) electrons. The van der Waals surface area contributed by atoms with E-state index in [4.69, 9.17) is 4.52 Å². The number of aromatic nitrogens is 2. The van der Waals surface area contributed by atoms with Gasteiger partial charge in [0.15, 0.2) is 5.82 Å². The highest BCUT2D eigenvalue weighted by atomic mass is 32.2. The average molecular weight is 293 g/mol. The van der Waals surface area contributed by atoms with Crippen LogP contribution in [0.4, 0.5) is 4.39 Å². The zero-order valence-corrected chi connectivity index (χ0v) is 11.8. The van der Waals surface area contributed by atoms with Crippen LogP contribution in [0.3, 0.4) is 0 Å². The molecule has 4 nitrogen and oxygen atoms in total. The van der Waals surface area contributed by atoms with Crippen LogP contribution in [0.2, 0.25) is 0 Å². The molecule has 0 saturated carbocycles. The molecule has 1 fully saturated rings. The summed E-state index contributed by atoms with van der Waals surface area (Å²) >= 11 is 1.50. The summed E-state index contributed by atoms with van der Waals surface area (Å²) in [5.74, 6) is 1.68. The topological polar surface area (TPSA) is 51.0 Å². The predicted molar refractivity (Wildman–Crippen MR) is 74.9 cm³/mol. The fourth-order valence-electron chi connectivity index (χ4n) is 2.23. The standard InChI is InChI=1S/C14H16FN3OS/c15-10-4-3-5-11(8-10)20-9-13-17-14(19-18-13)12-6-1-2-7-16-12/h3-5,8,12,16H,1-2,6-7,9H2/t12-/m0/s1. The van der Waals surface area contributed by atoms with Crippen LogP contribution in [0.15, 0.2) is 33.7 Å². The Hall–Kier alpha value is -1.40. The molecule has 3 rings (SSSR count). The number of nitrogens with one attached hydrogen (secondary N) is 1. The number of hydrogen-bond donors (Lipinski definition) is 1. The van der Waals surface area contributed by atoms with Gasteiger partial charge in [0, 0.05) is 4.90 Å². The molecule has 0 bridgehead atoms. The zero-order chi connectivity index (χ0) is 13.8. The maximum absolute atomic E-state index is 13.1. The summed E-state index contributed by atoms with van der Waals surface area (Å²) in [6.07, 6.45) is 3.43. The van der Waals surface area contributed by atoms with E-state index in [1.807, 2.05) is 6.07 Å². The van der Waals surface area contributed by atoms with Gasteiger partial charge in [-0.3, -0.25) is 0 Å². The van der Waals surface area contributed by atoms with E-state index in [-0.39, 0.29) is 11.9 Å². The van der Waals surface area contributed by atoms with Crippen LogP contribution in [0.5, 0.6) is 0 Å². The lowest BCUT2D eigenvalue weighted by molar-refractivity contribution is 0.296. The van der Waals surface area contributed by atoms with Gasteiger partial charge in [-0.2, -0.15) is 4.98 Å². The first kappa shape index (κ1) is 13.6. The van der Waals surface area contributed by atoms with Gasteiger partial charge in [-0.25, -0.2) is 4.39 Å². The molecule has 2 heterocycles. The monoisotopic (exact) mass is 293 g/mol. The Balaban J connectivity index is 1.59. The SMILES string of the molecule is Fc1cccc(SCc2noc([C@@H]3CCCCN3)n2)c1. The lowest BCUT2D eigenvalue weighted by atomic mass is 10.1. The fourth-order valence-corrected chi connectivity index (χ4v) is 3.02. The molecule has 1 N–H and O–H groups in total. The molecule has 20 heavy (non-hydrogen) atoms. The van der Waals surface area contributed by atoms with Gasteiger partial charge in [0.1, 0.15) is 5.82 Å². The zero-order valence-electron chi connectivity index (χ0n) is 11.0. The van der Waals surface area contributed by atoms with E-state index in [0.29, 0.717) is 17.5 Å². The van der Waals surface area contributed by atoms with Gasteiger partial charge in [0.2, 0.25) is 5.89 Å². The fraction of sp³-hybridized carbons (Fsp3) is 0.429. The minimum Gasteiger partial charge on any atom is -0.338 e. The number of nitrogens with zero attached hydrogens (tertiary/aromatic N) is 2. The van der Waals surface area contributed by atoms with E-state index in [0.717, 1.165) is 17.9 Å². The van der Waals surface area contributed by atoms with Crippen molar-refractivity contribution in [2.45, 2.75) is 36.0 Å². The van der Waals surface area contributed by atoms with Crippen LogP contribution in [0, 0.1) is 5.82 Å². The second-order valence-corrected chi connectivity index (χ2v) is 5.85. The third-order valence-electron chi connectivity index (χ3n) is 3.26. The Morgan fingerprint density at radius 1 is 1.40 bits per heavy atom. The van der Waals surface area contributed by atoms with Crippen molar-refractivity contribution in [1.29, 1.82) is 0 Å². The largest absolute Gasteiger partial charge is 0.338 e. The van der Waals surface area contributed by atoms with Gasteiger partial charge in [0.25, 0.3) is 0 Å². The third kappa shape index (κ3) is 3.37. The number of piperidine rings is 1. The normalized spacial score (nSPS) is 19.1. The molecule has 1 aliphatic heterocycles. The summed E-state index contributed by atoms with van der Waals surface area (Å²) in [6.45, 7) is 1.00. The Morgan fingerprint density at radius 3 is 3.15 bits per heavy atom. The number of hydrogen-bond acceptors (Lipinski definition) is 5. The molecular weight excluding hydrogens is 277 g/mol. The Morgan fingerprint density at radius 2 is 2.35 bits per heavy atom. The first-order chi connectivity index (χ1) is 9.81. The van der Waals surface area contributed by atoms with E-state index in [2.05, 4.69) is 15.5 Å². The second kappa shape index (κ2) is 6.37. The van der Waals surface area contributed by atoms with Crippen LogP contribution >= 0.6 is 11.8 Å². The first-order valence-electron chi connectivity index (χ1n) is 6.75. The predicted octanol–water partition coefficient (Wildman–Crippen LogP) is 3.32. The molecule has 1 aromatic carbocycles. The number of halogens is 1. The molecule has 1 atom stereocenters. The highest BCUT2D eigenvalue weighted by Crippen LogP contribution is 2.25. The molecule has 0 amide bonds. The van der Waals surface area contributed by atoms with Crippen LogP contribution in [-0.4, -0.2) is 16.7 Å². The Labute approximate surface area is 121 Å². The molecule has 1 aromatic heterocycles. The van der Waals surface area contributed by atoms with Crippen molar-refractivity contribution in [3.05, 3.63) is 41.8 Å². The van der Waals surface area contributed by atoms with Crippen LogP contribution in [-0.2, 0) is 5.75 Å². The molecule has 0 unspecified atom stereocenters. The Kier molecular flexibility index (Phi) is 4.32. The van der Waals surface area contributed by atoms with Crippen LogP contribution in [0.1, 0.15) is 37.0 Å². The van der Waals surface area contributed by atoms with Crippen molar-refractivity contribution in [2.75, 3.05) is 6.54 Å². The van der Waals surface area contributed by atoms with Crippen molar-refractivity contribution in [3.8, 4) is 0 Å². The quantitative estimate of drug-likeness (QED) is 0.876. The molecule has 0 aliphatic carbocycles. The van der Waals surface area contributed by atoms with E-state index in [1.54, 1.807) is 6.07 Å². The van der Waals surface area contributed by atoms with Crippen molar-refractivity contribution in [3.63, 3.8) is 0 Å². The van der Waals surface area contributed by atoms with Gasteiger partial charge < -0.3 is 9.84 Å². The lowest BCUT2D eigenvalue weighted by Gasteiger charge is -2.19. The van der Waals surface area contributed by atoms with Gasteiger partial charge in [-0.15, -0.1) is 11.8 Å². The van der Waals surface area contributed by atoms with E-state index >= 15 is 0 Å². The highest BCUT2D eigenvalue weighted by Gasteiger charge is 2.20. The number of thioether (sulfide) groups is 1. The molecule has 0 spiro atoms. The van der Waals surface area contributed by atoms with Crippen molar-refractivity contribution in [2.24, 2.45) is 0 Å². The van der Waals surface area contributed by atoms with Crippen LogP contribution in [0.25, 0.3) is 0 Å². The molecule has 1 saturated heterocycles. The molecular formula is C14H16FN3OS. The summed E-state index contributed by atoms with van der Waals surface area (Å²) in [5.41, 5.74) is 0. The minimum absolute atomic E-state index is 0.184. The molecule has 2 aromatic rings. The second-order valence-electron chi connectivity index (χ2n) is 4.80. The summed E-state index contributed by atoms with van der Waals surface area (Å²) in [4.78, 5) is 5.28. The Bertz CT molecular complexity index is 569. The summed E-state index contributed by atoms with van der Waals surface area (Å²) in [7, 11) is 0. The maximum Gasteiger partial charge on any atom is 0.243 e. The minimum atomic E-state index is -0.227. The first-order valence-corrected chi connectivity index (χ1v) is 7.74. The van der Waals surface area contributed by atoms with Crippen molar-refractivity contribution in [1.82, 2.24) is 15.5 Å². The van der Waals surface area contributed by atoms with Gasteiger partial charge in [-0.1, -0.05) is 17.6 Å². The highest BCUT2D eigenvalue weighted by molar-refractivity contribution is 7.98.